The van der Waals surface area contributed by atoms with Crippen molar-refractivity contribution in [2.45, 2.75) is 13.8 Å². The topological polar surface area (TPSA) is 48.2 Å². The zero-order chi connectivity index (χ0) is 10.7. The molecule has 0 radical (unpaired) electrons. The van der Waals surface area contributed by atoms with Gasteiger partial charge in [0.25, 0.3) is 5.88 Å². The van der Waals surface area contributed by atoms with Gasteiger partial charge in [-0.15, -0.1) is 0 Å². The van der Waals surface area contributed by atoms with Gasteiger partial charge in [0.05, 0.1) is 12.2 Å². The lowest BCUT2D eigenvalue weighted by Crippen LogP contribution is -1.93. The molecule has 0 unspecified atom stereocenters. The van der Waals surface area contributed by atoms with E-state index in [2.05, 4.69) is 10.1 Å². The van der Waals surface area contributed by atoms with Gasteiger partial charge in [0.2, 0.25) is 0 Å². The van der Waals surface area contributed by atoms with Crippen molar-refractivity contribution in [3.63, 3.8) is 0 Å². The van der Waals surface area contributed by atoms with E-state index in [0.29, 0.717) is 12.5 Å². The Morgan fingerprint density at radius 2 is 2.07 bits per heavy atom. The van der Waals surface area contributed by atoms with Crippen molar-refractivity contribution in [3.05, 3.63) is 30.3 Å². The Morgan fingerprint density at radius 3 is 2.73 bits per heavy atom. The first kappa shape index (κ1) is 9.71. The van der Waals surface area contributed by atoms with Gasteiger partial charge in [0.1, 0.15) is 5.76 Å². The standard InChI is InChI=1S/C11H12N2O2/c1-3-14-11-10(8(2)15-13-11)9-4-6-12-7-5-9/h4-7H,3H2,1-2H3. The Kier molecular flexibility index (Phi) is 2.67. The van der Waals surface area contributed by atoms with Crippen LogP contribution in [0.2, 0.25) is 0 Å². The third-order valence-corrected chi connectivity index (χ3v) is 2.08. The van der Waals surface area contributed by atoms with E-state index in [9.17, 15) is 0 Å². The average Bonchev–Trinajstić information content (AvgIpc) is 2.62. The maximum atomic E-state index is 5.39. The second kappa shape index (κ2) is 4.13. The van der Waals surface area contributed by atoms with E-state index in [4.69, 9.17) is 9.26 Å². The summed E-state index contributed by atoms with van der Waals surface area (Å²) in [6, 6.07) is 3.81. The van der Waals surface area contributed by atoms with Crippen LogP contribution in [-0.4, -0.2) is 16.7 Å². The summed E-state index contributed by atoms with van der Waals surface area (Å²) in [5.74, 6) is 1.30. The lowest BCUT2D eigenvalue weighted by Gasteiger charge is -2.02. The number of hydrogen-bond acceptors (Lipinski definition) is 4. The van der Waals surface area contributed by atoms with Crippen LogP contribution < -0.4 is 4.74 Å². The van der Waals surface area contributed by atoms with Crippen molar-refractivity contribution < 1.29 is 9.26 Å². The van der Waals surface area contributed by atoms with Gasteiger partial charge in [0, 0.05) is 12.4 Å². The minimum Gasteiger partial charge on any atom is -0.475 e. The summed E-state index contributed by atoms with van der Waals surface area (Å²) in [4.78, 5) is 3.97. The molecule has 0 atom stereocenters. The molecule has 2 heterocycles. The molecule has 2 aromatic heterocycles. The molecule has 0 fully saturated rings. The van der Waals surface area contributed by atoms with Crippen molar-refractivity contribution in [1.29, 1.82) is 0 Å². The van der Waals surface area contributed by atoms with E-state index < -0.39 is 0 Å². The predicted molar refractivity (Wildman–Crippen MR) is 55.6 cm³/mol. The molecule has 0 saturated heterocycles. The van der Waals surface area contributed by atoms with Gasteiger partial charge in [-0.2, -0.15) is 0 Å². The van der Waals surface area contributed by atoms with Crippen LogP contribution in [0.4, 0.5) is 0 Å². The van der Waals surface area contributed by atoms with Crippen LogP contribution in [-0.2, 0) is 0 Å². The summed E-state index contributed by atoms with van der Waals surface area (Å²) in [5.41, 5.74) is 1.91. The Bertz CT molecular complexity index is 437. The van der Waals surface area contributed by atoms with Gasteiger partial charge in [-0.25, -0.2) is 0 Å². The lowest BCUT2D eigenvalue weighted by molar-refractivity contribution is 0.292. The molecular weight excluding hydrogens is 192 g/mol. The Balaban J connectivity index is 2.47. The van der Waals surface area contributed by atoms with E-state index >= 15 is 0 Å². The van der Waals surface area contributed by atoms with Gasteiger partial charge in [-0.3, -0.25) is 4.98 Å². The first-order valence-electron chi connectivity index (χ1n) is 4.82. The van der Waals surface area contributed by atoms with Gasteiger partial charge >= 0.3 is 0 Å². The van der Waals surface area contributed by atoms with Crippen LogP contribution in [0, 0.1) is 6.92 Å². The molecule has 0 amide bonds. The molecule has 0 aliphatic rings. The smallest absolute Gasteiger partial charge is 0.262 e. The molecule has 0 aliphatic carbocycles. The summed E-state index contributed by atoms with van der Waals surface area (Å²) >= 11 is 0. The second-order valence-corrected chi connectivity index (χ2v) is 3.09. The first-order valence-corrected chi connectivity index (χ1v) is 4.82. The summed E-state index contributed by atoms with van der Waals surface area (Å²) in [5, 5.41) is 3.86. The highest BCUT2D eigenvalue weighted by atomic mass is 16.5. The third-order valence-electron chi connectivity index (χ3n) is 2.08. The highest BCUT2D eigenvalue weighted by Crippen LogP contribution is 2.31. The molecular formula is C11H12N2O2. The Morgan fingerprint density at radius 1 is 1.33 bits per heavy atom. The average molecular weight is 204 g/mol. The summed E-state index contributed by atoms with van der Waals surface area (Å²) in [6.45, 7) is 4.36. The summed E-state index contributed by atoms with van der Waals surface area (Å²) in [6.07, 6.45) is 3.47. The maximum absolute atomic E-state index is 5.39. The molecule has 2 aromatic rings. The molecule has 0 aromatic carbocycles. The van der Waals surface area contributed by atoms with Crippen LogP contribution in [0.5, 0.6) is 5.88 Å². The van der Waals surface area contributed by atoms with Crippen molar-refractivity contribution >= 4 is 0 Å². The largest absolute Gasteiger partial charge is 0.475 e. The highest BCUT2D eigenvalue weighted by molar-refractivity contribution is 5.69. The molecule has 15 heavy (non-hydrogen) atoms. The molecule has 4 nitrogen and oxygen atoms in total. The Labute approximate surface area is 87.9 Å². The molecule has 2 rings (SSSR count). The number of pyridine rings is 1. The fourth-order valence-electron chi connectivity index (χ4n) is 1.43. The van der Waals surface area contributed by atoms with E-state index in [1.807, 2.05) is 26.0 Å². The first-order chi connectivity index (χ1) is 7.33. The molecule has 78 valence electrons. The molecule has 0 spiro atoms. The lowest BCUT2D eigenvalue weighted by atomic mass is 10.1. The van der Waals surface area contributed by atoms with Crippen molar-refractivity contribution in [3.8, 4) is 17.0 Å². The van der Waals surface area contributed by atoms with Crippen molar-refractivity contribution in [2.75, 3.05) is 6.61 Å². The van der Waals surface area contributed by atoms with Gasteiger partial charge < -0.3 is 9.26 Å². The highest BCUT2D eigenvalue weighted by Gasteiger charge is 2.15. The quantitative estimate of drug-likeness (QED) is 0.770. The molecule has 0 saturated carbocycles. The van der Waals surface area contributed by atoms with E-state index in [1.54, 1.807) is 12.4 Å². The third kappa shape index (κ3) is 1.83. The second-order valence-electron chi connectivity index (χ2n) is 3.09. The summed E-state index contributed by atoms with van der Waals surface area (Å²) < 4.78 is 10.5. The molecule has 0 N–H and O–H groups in total. The van der Waals surface area contributed by atoms with Crippen LogP contribution in [0.15, 0.2) is 29.0 Å². The van der Waals surface area contributed by atoms with Gasteiger partial charge in [-0.1, -0.05) is 0 Å². The normalized spacial score (nSPS) is 10.3. The number of aromatic nitrogens is 2. The molecule has 0 bridgehead atoms. The fraction of sp³-hybridized carbons (Fsp3) is 0.273. The fourth-order valence-corrected chi connectivity index (χ4v) is 1.43. The number of rotatable bonds is 3. The van der Waals surface area contributed by atoms with E-state index in [0.717, 1.165) is 16.9 Å². The minimum absolute atomic E-state index is 0.543. The number of ether oxygens (including phenoxy) is 1. The Hall–Kier alpha value is -1.84. The SMILES string of the molecule is CCOc1noc(C)c1-c1ccncc1. The van der Waals surface area contributed by atoms with E-state index in [-0.39, 0.29) is 0 Å². The summed E-state index contributed by atoms with van der Waals surface area (Å²) in [7, 11) is 0. The van der Waals surface area contributed by atoms with Crippen molar-refractivity contribution in [1.82, 2.24) is 10.1 Å². The van der Waals surface area contributed by atoms with Crippen LogP contribution >= 0.6 is 0 Å². The number of hydrogen-bond donors (Lipinski definition) is 0. The van der Waals surface area contributed by atoms with Crippen molar-refractivity contribution in [2.24, 2.45) is 0 Å². The van der Waals surface area contributed by atoms with Gasteiger partial charge in [-0.05, 0) is 36.7 Å². The monoisotopic (exact) mass is 204 g/mol. The number of nitrogens with zero attached hydrogens (tertiary/aromatic N) is 2. The number of aryl methyl sites for hydroxylation is 1. The van der Waals surface area contributed by atoms with Crippen LogP contribution in [0.1, 0.15) is 12.7 Å². The van der Waals surface area contributed by atoms with E-state index in [1.165, 1.54) is 0 Å². The van der Waals surface area contributed by atoms with Gasteiger partial charge in [0.15, 0.2) is 0 Å². The maximum Gasteiger partial charge on any atom is 0.262 e. The minimum atomic E-state index is 0.543. The zero-order valence-corrected chi connectivity index (χ0v) is 8.73. The van der Waals surface area contributed by atoms with Crippen LogP contribution in [0.3, 0.4) is 0 Å². The zero-order valence-electron chi connectivity index (χ0n) is 8.73. The molecule has 4 heteroatoms. The van der Waals surface area contributed by atoms with Crippen LogP contribution in [0.25, 0.3) is 11.1 Å². The molecule has 0 aliphatic heterocycles. The predicted octanol–water partition coefficient (Wildman–Crippen LogP) is 2.44.